The Kier molecular flexibility index (Phi) is 5.50. The number of carbonyl (C=O) groups is 2. The monoisotopic (exact) mass is 389 g/mol. The molecule has 0 saturated carbocycles. The van der Waals surface area contributed by atoms with Crippen molar-refractivity contribution in [3.05, 3.63) is 35.6 Å². The Morgan fingerprint density at radius 1 is 1.14 bits per heavy atom. The topological polar surface area (TPSA) is 90.7 Å². The minimum atomic E-state index is -0.509. The van der Waals surface area contributed by atoms with Crippen LogP contribution in [0.15, 0.2) is 24.3 Å². The number of urea groups is 1. The maximum Gasteiger partial charge on any atom is 0.315 e. The van der Waals surface area contributed by atoms with E-state index in [1.165, 1.54) is 11.0 Å². The van der Waals surface area contributed by atoms with E-state index in [0.717, 1.165) is 31.4 Å². The van der Waals surface area contributed by atoms with Gasteiger partial charge < -0.3 is 15.5 Å². The molecule has 4 N–H and O–H groups in total. The molecule has 4 rings (SSSR count). The number of carbonyl (C=O) groups excluding carboxylic acids is 2. The zero-order valence-electron chi connectivity index (χ0n) is 15.9. The van der Waals surface area contributed by atoms with Crippen molar-refractivity contribution in [1.29, 1.82) is 0 Å². The smallest absolute Gasteiger partial charge is 0.315 e. The molecule has 1 aromatic rings. The number of nitrogens with zero attached hydrogens (tertiary/aromatic N) is 2. The van der Waals surface area contributed by atoms with Gasteiger partial charge in [-0.2, -0.15) is 0 Å². The van der Waals surface area contributed by atoms with Gasteiger partial charge in [-0.15, -0.1) is 0 Å². The van der Waals surface area contributed by atoms with E-state index >= 15 is 0 Å². The third-order valence-corrected chi connectivity index (χ3v) is 6.48. The molecule has 152 valence electrons. The van der Waals surface area contributed by atoms with Crippen LogP contribution in [0.5, 0.6) is 0 Å². The molecular formula is C20H28FN5O2. The summed E-state index contributed by atoms with van der Waals surface area (Å²) in [5.74, 6) is 0.430. The molecule has 28 heavy (non-hydrogen) atoms. The molecule has 8 heteroatoms. The van der Waals surface area contributed by atoms with Crippen LogP contribution in [0.4, 0.5) is 9.18 Å². The van der Waals surface area contributed by atoms with Gasteiger partial charge in [0.1, 0.15) is 11.9 Å². The molecule has 7 nitrogen and oxygen atoms in total. The Bertz CT molecular complexity index is 737. The predicted molar refractivity (Wildman–Crippen MR) is 103 cm³/mol. The van der Waals surface area contributed by atoms with Crippen LogP contribution in [0.1, 0.15) is 37.2 Å². The average molecular weight is 389 g/mol. The van der Waals surface area contributed by atoms with Crippen LogP contribution < -0.4 is 16.6 Å². The van der Waals surface area contributed by atoms with Crippen LogP contribution in [0.2, 0.25) is 0 Å². The van der Waals surface area contributed by atoms with Gasteiger partial charge in [-0.05, 0) is 49.3 Å². The first kappa shape index (κ1) is 19.1. The molecule has 0 aromatic heterocycles. The fraction of sp³-hybridized carbons (Fsp3) is 0.600. The largest absolute Gasteiger partial charge is 0.351 e. The highest BCUT2D eigenvalue weighted by atomic mass is 19.1. The fourth-order valence-corrected chi connectivity index (χ4v) is 5.00. The molecule has 1 aromatic carbocycles. The molecule has 3 heterocycles. The van der Waals surface area contributed by atoms with Crippen LogP contribution in [-0.2, 0) is 4.79 Å². The Hall–Kier alpha value is -2.19. The maximum absolute atomic E-state index is 13.6. The number of nitrogens with two attached hydrogens (primary N) is 1. The van der Waals surface area contributed by atoms with Crippen molar-refractivity contribution in [3.63, 3.8) is 0 Å². The summed E-state index contributed by atoms with van der Waals surface area (Å²) in [6, 6.07) is 6.12. The van der Waals surface area contributed by atoms with Crippen LogP contribution in [0.25, 0.3) is 0 Å². The second-order valence-corrected chi connectivity index (χ2v) is 8.06. The number of rotatable bonds is 3. The highest BCUT2D eigenvalue weighted by Gasteiger charge is 2.40. The van der Waals surface area contributed by atoms with Crippen LogP contribution >= 0.6 is 0 Å². The molecule has 3 aliphatic rings. The minimum absolute atomic E-state index is 0.0222. The van der Waals surface area contributed by atoms with E-state index in [-0.39, 0.29) is 23.7 Å². The molecule has 3 saturated heterocycles. The minimum Gasteiger partial charge on any atom is -0.351 e. The Labute approximate surface area is 164 Å². The molecule has 3 amide bonds. The van der Waals surface area contributed by atoms with Crippen molar-refractivity contribution in [1.82, 2.24) is 20.7 Å². The second kappa shape index (κ2) is 8.05. The molecule has 3 aliphatic heterocycles. The maximum atomic E-state index is 13.6. The summed E-state index contributed by atoms with van der Waals surface area (Å²) in [7, 11) is 0. The van der Waals surface area contributed by atoms with Gasteiger partial charge in [0, 0.05) is 38.1 Å². The Morgan fingerprint density at radius 3 is 2.64 bits per heavy atom. The van der Waals surface area contributed by atoms with Crippen molar-refractivity contribution in [3.8, 4) is 0 Å². The molecule has 0 radical (unpaired) electrons. The summed E-state index contributed by atoms with van der Waals surface area (Å²) in [5.41, 5.74) is 13.0. The number of likely N-dealkylation sites (tertiary alicyclic amines) is 2. The SMILES string of the molecule is NC(=O)N1CCCC1C(=O)N1CCC(C2NNCC2c2cccc(F)c2)CC1. The van der Waals surface area contributed by atoms with E-state index < -0.39 is 12.1 Å². The standard InChI is InChI=1S/C20H28FN5O2/c21-15-4-1-3-14(11-15)16-12-23-24-18(16)13-6-9-25(10-7-13)19(27)17-5-2-8-26(17)20(22)28/h1,3-4,11,13,16-18,23-24H,2,5-10,12H2,(H2,22,28). The number of hydrazine groups is 1. The lowest BCUT2D eigenvalue weighted by Crippen LogP contribution is -2.52. The van der Waals surface area contributed by atoms with E-state index in [4.69, 9.17) is 5.73 Å². The highest BCUT2D eigenvalue weighted by molar-refractivity contribution is 5.87. The van der Waals surface area contributed by atoms with Gasteiger partial charge in [-0.3, -0.25) is 15.6 Å². The van der Waals surface area contributed by atoms with Crippen molar-refractivity contribution >= 4 is 11.9 Å². The van der Waals surface area contributed by atoms with Gasteiger partial charge in [0.05, 0.1) is 0 Å². The molecule has 0 bridgehead atoms. The molecule has 3 fully saturated rings. The van der Waals surface area contributed by atoms with E-state index in [1.54, 1.807) is 12.1 Å². The number of piperidine rings is 1. The van der Waals surface area contributed by atoms with E-state index in [2.05, 4.69) is 10.9 Å². The predicted octanol–water partition coefficient (Wildman–Crippen LogP) is 1.17. The number of hydrogen-bond acceptors (Lipinski definition) is 4. The van der Waals surface area contributed by atoms with Crippen molar-refractivity contribution < 1.29 is 14.0 Å². The molecule has 3 atom stereocenters. The zero-order chi connectivity index (χ0) is 19.7. The Balaban J connectivity index is 1.37. The fourth-order valence-electron chi connectivity index (χ4n) is 5.00. The molecule has 0 aliphatic carbocycles. The van der Waals surface area contributed by atoms with Crippen LogP contribution in [0.3, 0.4) is 0 Å². The van der Waals surface area contributed by atoms with Crippen molar-refractivity contribution in [2.45, 2.75) is 43.7 Å². The zero-order valence-corrected chi connectivity index (χ0v) is 15.9. The van der Waals surface area contributed by atoms with Crippen molar-refractivity contribution in [2.75, 3.05) is 26.2 Å². The molecule has 3 unspecified atom stereocenters. The molecular weight excluding hydrogens is 361 g/mol. The average Bonchev–Trinajstić information content (AvgIpc) is 3.37. The lowest BCUT2D eigenvalue weighted by atomic mass is 9.80. The number of nitrogens with one attached hydrogen (secondary N) is 2. The van der Waals surface area contributed by atoms with Gasteiger partial charge >= 0.3 is 6.03 Å². The lowest BCUT2D eigenvalue weighted by molar-refractivity contribution is -0.136. The first-order valence-electron chi connectivity index (χ1n) is 10.1. The number of amides is 3. The summed E-state index contributed by atoms with van der Waals surface area (Å²) in [6.45, 7) is 2.69. The van der Waals surface area contributed by atoms with Crippen LogP contribution in [0, 0.1) is 11.7 Å². The molecule has 0 spiro atoms. The van der Waals surface area contributed by atoms with Gasteiger partial charge in [-0.25, -0.2) is 9.18 Å². The van der Waals surface area contributed by atoms with E-state index in [9.17, 15) is 14.0 Å². The van der Waals surface area contributed by atoms with E-state index in [0.29, 0.717) is 32.0 Å². The summed E-state index contributed by atoms with van der Waals surface area (Å²) in [4.78, 5) is 27.8. The quantitative estimate of drug-likeness (QED) is 0.724. The summed E-state index contributed by atoms with van der Waals surface area (Å²) < 4.78 is 13.6. The van der Waals surface area contributed by atoms with Gasteiger partial charge in [0.25, 0.3) is 0 Å². The van der Waals surface area contributed by atoms with E-state index in [1.807, 2.05) is 11.0 Å². The number of hydrogen-bond donors (Lipinski definition) is 3. The third-order valence-electron chi connectivity index (χ3n) is 6.48. The van der Waals surface area contributed by atoms with Gasteiger partial charge in [0.15, 0.2) is 0 Å². The number of primary amides is 1. The van der Waals surface area contributed by atoms with Gasteiger partial charge in [-0.1, -0.05) is 12.1 Å². The first-order valence-corrected chi connectivity index (χ1v) is 10.1. The normalized spacial score (nSPS) is 28.7. The van der Waals surface area contributed by atoms with Gasteiger partial charge in [0.2, 0.25) is 5.91 Å². The first-order chi connectivity index (χ1) is 13.5. The highest BCUT2D eigenvalue weighted by Crippen LogP contribution is 2.33. The third kappa shape index (κ3) is 3.71. The Morgan fingerprint density at radius 2 is 1.93 bits per heavy atom. The lowest BCUT2D eigenvalue weighted by Gasteiger charge is -2.38. The van der Waals surface area contributed by atoms with Crippen molar-refractivity contribution in [2.24, 2.45) is 11.7 Å². The number of halogens is 1. The summed E-state index contributed by atoms with van der Waals surface area (Å²) >= 11 is 0. The van der Waals surface area contributed by atoms with Crippen LogP contribution in [-0.4, -0.2) is 60.0 Å². The summed E-state index contributed by atoms with van der Waals surface area (Å²) in [5, 5.41) is 0. The second-order valence-electron chi connectivity index (χ2n) is 8.06. The number of benzene rings is 1. The summed E-state index contributed by atoms with van der Waals surface area (Å²) in [6.07, 6.45) is 3.29.